The van der Waals surface area contributed by atoms with E-state index in [0.29, 0.717) is 18.0 Å². The number of pyridine rings is 1. The van der Waals surface area contributed by atoms with Gasteiger partial charge in [-0.15, -0.1) is 0 Å². The molecule has 1 aliphatic carbocycles. The molecule has 6 heteroatoms. The predicted octanol–water partition coefficient (Wildman–Crippen LogP) is 3.12. The molecule has 1 saturated heterocycles. The number of nitrogens with zero attached hydrogens (tertiary/aromatic N) is 3. The van der Waals surface area contributed by atoms with Crippen molar-refractivity contribution in [3.63, 3.8) is 0 Å². The van der Waals surface area contributed by atoms with Gasteiger partial charge in [0.25, 0.3) is 5.91 Å². The highest BCUT2D eigenvalue weighted by molar-refractivity contribution is 5.95. The Kier molecular flexibility index (Phi) is 6.97. The summed E-state index contributed by atoms with van der Waals surface area (Å²) >= 11 is 0. The summed E-state index contributed by atoms with van der Waals surface area (Å²) in [6.45, 7) is 6.62. The molecule has 0 atom stereocenters. The van der Waals surface area contributed by atoms with Gasteiger partial charge in [-0.05, 0) is 31.9 Å². The minimum Gasteiger partial charge on any atom is -0.351 e. The summed E-state index contributed by atoms with van der Waals surface area (Å²) in [6.07, 6.45) is 4.51. The van der Waals surface area contributed by atoms with E-state index in [1.54, 1.807) is 0 Å². The molecule has 2 aliphatic rings. The van der Waals surface area contributed by atoms with Gasteiger partial charge in [-0.25, -0.2) is 0 Å². The second-order valence-electron chi connectivity index (χ2n) is 8.60. The van der Waals surface area contributed by atoms with Gasteiger partial charge in [-0.2, -0.15) is 0 Å². The van der Waals surface area contributed by atoms with Crippen molar-refractivity contribution in [2.45, 2.75) is 32.6 Å². The van der Waals surface area contributed by atoms with Crippen molar-refractivity contribution >= 4 is 11.8 Å². The third-order valence-corrected chi connectivity index (χ3v) is 6.50. The maximum Gasteiger partial charge on any atom is 0.253 e. The van der Waals surface area contributed by atoms with Crippen LogP contribution in [-0.4, -0.2) is 65.9 Å². The first-order chi connectivity index (χ1) is 15.1. The third kappa shape index (κ3) is 5.31. The molecule has 2 heterocycles. The van der Waals surface area contributed by atoms with E-state index in [4.69, 9.17) is 0 Å². The quantitative estimate of drug-likeness (QED) is 0.780. The minimum atomic E-state index is -0.0836. The Morgan fingerprint density at radius 3 is 2.39 bits per heavy atom. The molecule has 1 N–H and O–H groups in total. The van der Waals surface area contributed by atoms with Crippen LogP contribution in [0.25, 0.3) is 11.3 Å². The average molecular weight is 421 g/mol. The Morgan fingerprint density at radius 2 is 1.71 bits per heavy atom. The van der Waals surface area contributed by atoms with Crippen LogP contribution in [0.4, 0.5) is 0 Å². The molecule has 4 rings (SSSR count). The molecule has 0 spiro atoms. The summed E-state index contributed by atoms with van der Waals surface area (Å²) in [5.41, 5.74) is 3.27. The van der Waals surface area contributed by atoms with Gasteiger partial charge in [0.1, 0.15) is 0 Å². The van der Waals surface area contributed by atoms with E-state index >= 15 is 0 Å². The monoisotopic (exact) mass is 420 g/mol. The van der Waals surface area contributed by atoms with Crippen LogP contribution in [0.2, 0.25) is 0 Å². The van der Waals surface area contributed by atoms with E-state index < -0.39 is 0 Å². The lowest BCUT2D eigenvalue weighted by Crippen LogP contribution is -2.51. The Balaban J connectivity index is 1.22. The number of rotatable bonds is 6. The highest BCUT2D eigenvalue weighted by atomic mass is 16.2. The summed E-state index contributed by atoms with van der Waals surface area (Å²) in [7, 11) is 0. The first kappa shape index (κ1) is 21.5. The fraction of sp³-hybridized carbons (Fsp3) is 0.480. The third-order valence-electron chi connectivity index (χ3n) is 6.50. The van der Waals surface area contributed by atoms with Gasteiger partial charge in [0.05, 0.1) is 17.0 Å². The molecule has 6 nitrogen and oxygen atoms in total. The maximum atomic E-state index is 12.6. The lowest BCUT2D eigenvalue weighted by Gasteiger charge is -2.36. The largest absolute Gasteiger partial charge is 0.351 e. The van der Waals surface area contributed by atoms with Crippen molar-refractivity contribution in [3.8, 4) is 11.3 Å². The summed E-state index contributed by atoms with van der Waals surface area (Å²) in [5, 5.41) is 3.02. The van der Waals surface area contributed by atoms with Crippen molar-refractivity contribution < 1.29 is 9.59 Å². The van der Waals surface area contributed by atoms with Gasteiger partial charge >= 0.3 is 0 Å². The van der Waals surface area contributed by atoms with Gasteiger partial charge < -0.3 is 10.2 Å². The van der Waals surface area contributed by atoms with E-state index in [9.17, 15) is 9.59 Å². The van der Waals surface area contributed by atoms with E-state index in [0.717, 1.165) is 62.5 Å². The zero-order chi connectivity index (χ0) is 21.6. The zero-order valence-electron chi connectivity index (χ0n) is 18.3. The first-order valence-electron chi connectivity index (χ1n) is 11.4. The molecule has 2 aromatic rings. The topological polar surface area (TPSA) is 65.5 Å². The average Bonchev–Trinajstić information content (AvgIpc) is 3.34. The predicted molar refractivity (Wildman–Crippen MR) is 122 cm³/mol. The van der Waals surface area contributed by atoms with Crippen LogP contribution in [0.1, 0.15) is 41.7 Å². The second kappa shape index (κ2) is 10.1. The zero-order valence-corrected chi connectivity index (χ0v) is 18.3. The van der Waals surface area contributed by atoms with Gasteiger partial charge in [-0.3, -0.25) is 19.5 Å². The smallest absolute Gasteiger partial charge is 0.253 e. The molecular formula is C25H32N4O2. The Hall–Kier alpha value is -2.73. The fourth-order valence-corrected chi connectivity index (χ4v) is 4.62. The van der Waals surface area contributed by atoms with Crippen molar-refractivity contribution in [2.24, 2.45) is 5.92 Å². The van der Waals surface area contributed by atoms with Gasteiger partial charge in [-0.1, -0.05) is 43.2 Å². The molecule has 2 fully saturated rings. The van der Waals surface area contributed by atoms with Crippen LogP contribution < -0.4 is 5.32 Å². The van der Waals surface area contributed by atoms with E-state index in [2.05, 4.69) is 15.2 Å². The van der Waals surface area contributed by atoms with Crippen molar-refractivity contribution in [3.05, 3.63) is 53.7 Å². The van der Waals surface area contributed by atoms with Gasteiger partial charge in [0, 0.05) is 50.7 Å². The van der Waals surface area contributed by atoms with Gasteiger partial charge in [0.15, 0.2) is 0 Å². The number of carbonyl (C=O) groups is 2. The normalized spacial score (nSPS) is 17.6. The molecule has 1 aromatic heterocycles. The number of hydrogen-bond acceptors (Lipinski definition) is 4. The molecule has 31 heavy (non-hydrogen) atoms. The number of aryl methyl sites for hydroxylation is 1. The van der Waals surface area contributed by atoms with Crippen LogP contribution in [0.3, 0.4) is 0 Å². The first-order valence-corrected chi connectivity index (χ1v) is 11.4. The molecule has 1 aliphatic heterocycles. The fourth-order valence-electron chi connectivity index (χ4n) is 4.62. The van der Waals surface area contributed by atoms with Crippen LogP contribution >= 0.6 is 0 Å². The molecule has 0 radical (unpaired) electrons. The molecule has 1 saturated carbocycles. The van der Waals surface area contributed by atoms with Crippen LogP contribution in [0.5, 0.6) is 0 Å². The SMILES string of the molecule is Cc1nc(-c2ccccc2)ccc1C(=O)NCCN1CCN(C(=O)C2CCCC2)CC1. The van der Waals surface area contributed by atoms with E-state index in [1.807, 2.05) is 54.3 Å². The summed E-state index contributed by atoms with van der Waals surface area (Å²) in [5.74, 6) is 0.531. The lowest BCUT2D eigenvalue weighted by molar-refractivity contribution is -0.137. The van der Waals surface area contributed by atoms with Crippen LogP contribution in [-0.2, 0) is 4.79 Å². The number of benzene rings is 1. The van der Waals surface area contributed by atoms with Crippen LogP contribution in [0.15, 0.2) is 42.5 Å². The van der Waals surface area contributed by atoms with Gasteiger partial charge in [0.2, 0.25) is 5.91 Å². The van der Waals surface area contributed by atoms with Crippen molar-refractivity contribution in [1.82, 2.24) is 20.1 Å². The molecule has 1 aromatic carbocycles. The molecule has 0 unspecified atom stereocenters. The minimum absolute atomic E-state index is 0.0836. The number of amides is 2. The van der Waals surface area contributed by atoms with E-state index in [-0.39, 0.29) is 11.8 Å². The number of piperazine rings is 1. The summed E-state index contributed by atoms with van der Waals surface area (Å²) < 4.78 is 0. The summed E-state index contributed by atoms with van der Waals surface area (Å²) in [4.78, 5) is 34.1. The number of hydrogen-bond donors (Lipinski definition) is 1. The van der Waals surface area contributed by atoms with Crippen LogP contribution in [0, 0.1) is 12.8 Å². The Morgan fingerprint density at radius 1 is 1.00 bits per heavy atom. The number of nitrogens with one attached hydrogen (secondary N) is 1. The standard InChI is InChI=1S/C25H32N4O2/c1-19-22(11-12-23(27-19)20-7-3-2-4-8-20)24(30)26-13-14-28-15-17-29(18-16-28)25(31)21-9-5-6-10-21/h2-4,7-8,11-12,21H,5-6,9-10,13-18H2,1H3,(H,26,30). The van der Waals surface area contributed by atoms with Crippen molar-refractivity contribution in [1.29, 1.82) is 0 Å². The van der Waals surface area contributed by atoms with Crippen molar-refractivity contribution in [2.75, 3.05) is 39.3 Å². The molecule has 0 bridgehead atoms. The lowest BCUT2D eigenvalue weighted by atomic mass is 10.1. The molecule has 2 amide bonds. The highest BCUT2D eigenvalue weighted by Gasteiger charge is 2.29. The van der Waals surface area contributed by atoms with E-state index in [1.165, 1.54) is 12.8 Å². The number of carbonyl (C=O) groups excluding carboxylic acids is 2. The molecule has 164 valence electrons. The molecular weight excluding hydrogens is 388 g/mol. The Bertz CT molecular complexity index is 901. The summed E-state index contributed by atoms with van der Waals surface area (Å²) in [6, 6.07) is 13.7. The number of aromatic nitrogens is 1. The second-order valence-corrected chi connectivity index (χ2v) is 8.60. The highest BCUT2D eigenvalue weighted by Crippen LogP contribution is 2.27. The maximum absolute atomic E-state index is 12.6. The Labute approximate surface area is 184 Å².